The summed E-state index contributed by atoms with van der Waals surface area (Å²) in [6.45, 7) is 11.5. The van der Waals surface area contributed by atoms with Gasteiger partial charge in [0.25, 0.3) is 0 Å². The van der Waals surface area contributed by atoms with Crippen LogP contribution >= 0.6 is 0 Å². The van der Waals surface area contributed by atoms with Crippen LogP contribution in [0.25, 0.3) is 176 Å². The van der Waals surface area contributed by atoms with Crippen molar-refractivity contribution in [2.75, 3.05) is 0 Å². The van der Waals surface area contributed by atoms with Crippen LogP contribution in [-0.4, -0.2) is 19.9 Å². The van der Waals surface area contributed by atoms with Gasteiger partial charge in [-0.25, -0.2) is 18.3 Å². The van der Waals surface area contributed by atoms with E-state index in [9.17, 15) is 0 Å². The first-order chi connectivity index (χ1) is 62.2. The van der Waals surface area contributed by atoms with Crippen molar-refractivity contribution in [3.05, 3.63) is 283 Å². The molecule has 115 heavy (non-hydrogen) atoms. The SMILES string of the molecule is [2H]C([2H])([2H])c1c[n+](C)c(-c2c(C)cc(C([2H])([2H])[2H])c3c2oc2cc4nc(C)ccc4cc23)cc1C.[2H]C([2H])([2H])c1c[n+](C)c(-c2c(C)ccc3c2oc2cc4ccc(C)nc4c(C([2H])([2H])[2H])c23)cc1C.[2H]C([2H])([2H])c1c[n+](C)c(-c2c(C)ccc3c2oc2cc4ccc(C)nc4cc23)cc1C.[2H]C([2H])([2H])c1c[n+](C)c(-c2c(C)ccc3c2oc2cc4nc(C)c(C)cc4cc23)cc1C. The van der Waals surface area contributed by atoms with E-state index in [0.717, 1.165) is 183 Å². The summed E-state index contributed by atoms with van der Waals surface area (Å²) in [7, 11) is 7.36. The average Bonchev–Trinajstić information content (AvgIpc) is 1.59. The maximum Gasteiger partial charge on any atom is 0.216 e. The average molecular weight is 1530 g/mol. The molecule has 0 aliphatic heterocycles. The van der Waals surface area contributed by atoms with Gasteiger partial charge in [-0.15, -0.1) is 0 Å². The summed E-state index contributed by atoms with van der Waals surface area (Å²) in [6.07, 6.45) is 6.67. The van der Waals surface area contributed by atoms with Crippen LogP contribution in [-0.2, 0) is 28.2 Å². The maximum absolute atomic E-state index is 8.32. The molecule has 0 saturated carbocycles. The van der Waals surface area contributed by atoms with E-state index >= 15 is 0 Å². The van der Waals surface area contributed by atoms with Gasteiger partial charge in [0.2, 0.25) is 22.8 Å². The van der Waals surface area contributed by atoms with Crippen molar-refractivity contribution in [3.63, 3.8) is 0 Å². The number of hydrogen-bond acceptors (Lipinski definition) is 8. The van der Waals surface area contributed by atoms with E-state index < -0.39 is 41.1 Å². The van der Waals surface area contributed by atoms with Gasteiger partial charge in [-0.2, -0.15) is 0 Å². The number of aryl methyl sites for hydroxylation is 23. The fourth-order valence-corrected chi connectivity index (χ4v) is 16.3. The monoisotopic (exact) mass is 1530 g/mol. The third-order valence-corrected chi connectivity index (χ3v) is 22.8. The lowest BCUT2D eigenvalue weighted by molar-refractivity contribution is -0.660. The summed E-state index contributed by atoms with van der Waals surface area (Å²) in [5.74, 6) is 0. The highest BCUT2D eigenvalue weighted by Gasteiger charge is 2.29. The number of hydrogen-bond donors (Lipinski definition) is 0. The highest BCUT2D eigenvalue weighted by atomic mass is 16.3. The van der Waals surface area contributed by atoms with Crippen LogP contribution in [0.2, 0.25) is 0 Å². The quantitative estimate of drug-likeness (QED) is 0.160. The van der Waals surface area contributed by atoms with E-state index in [1.807, 2.05) is 176 Å². The first-order valence-corrected chi connectivity index (χ1v) is 38.3. The summed E-state index contributed by atoms with van der Waals surface area (Å²) in [6, 6.07) is 49.2. The molecule has 0 radical (unpaired) electrons. The second-order valence-corrected chi connectivity index (χ2v) is 31.2. The molecule has 0 amide bonds. The van der Waals surface area contributed by atoms with Gasteiger partial charge in [-0.1, -0.05) is 60.7 Å². The Hall–Kier alpha value is -12.8. The van der Waals surface area contributed by atoms with Gasteiger partial charge in [0.05, 0.1) is 44.3 Å². The molecule has 8 aromatic carbocycles. The normalized spacial score (nSPS) is 14.8. The van der Waals surface area contributed by atoms with E-state index in [4.69, 9.17) is 47.3 Å². The zero-order chi connectivity index (χ0) is 95.9. The molecule has 0 aliphatic rings. The highest BCUT2D eigenvalue weighted by Crippen LogP contribution is 2.45. The summed E-state index contributed by atoms with van der Waals surface area (Å²) in [5.41, 5.74) is 28.3. The minimum absolute atomic E-state index is 0.181. The third-order valence-electron chi connectivity index (χ3n) is 22.8. The van der Waals surface area contributed by atoms with Crippen molar-refractivity contribution < 1.29 is 60.6 Å². The van der Waals surface area contributed by atoms with Crippen molar-refractivity contribution >= 4 is 131 Å². The predicted molar refractivity (Wildman–Crippen MR) is 473 cm³/mol. The Bertz CT molecular complexity index is 8330. The molecular weight excluding hydrogens is 1410 g/mol. The van der Waals surface area contributed by atoms with Crippen molar-refractivity contribution in [3.8, 4) is 45.0 Å². The number of nitrogens with zero attached hydrogens (tertiary/aromatic N) is 8. The van der Waals surface area contributed by atoms with E-state index in [2.05, 4.69) is 84.3 Å². The lowest BCUT2D eigenvalue weighted by Crippen LogP contribution is -2.31. The standard InChI is InChI=1S/3C26H25N2O.C25H23N2O/c1-14-7-10-20-24-18(5)25-19(9-8-17(4)27-25)12-22(24)29-26(20)23(14)21-11-15(2)16(3)13-28(21)6;1-14-10-22(28(6)13-17(14)4)25-16(3)9-15(2)24-20-11-19-8-7-18(5)27-21(19)12-23(20)29-26(24)25;1-14-7-8-20-21-11-19-9-16(3)18(5)27-22(19)12-24(21)29-26(20)25(14)23-10-15(2)17(4)13-28(23)6;1-14-6-9-19-20-12-21-18(8-7-17(4)26-21)11-23(20)28-25(19)24(14)22-10-15(2)16(3)13-27(22)5/h3*7-13H,1-6H3;6-13H,1-5H3/q4*+1/i3D3,5D3;2D3,4D3;4D3;3D3. The Kier molecular flexibility index (Phi) is 13.9. The summed E-state index contributed by atoms with van der Waals surface area (Å²) >= 11 is 0. The number of benzene rings is 8. The van der Waals surface area contributed by atoms with Gasteiger partial charge < -0.3 is 17.7 Å². The first-order valence-electron chi connectivity index (χ1n) is 47.3. The second-order valence-electron chi connectivity index (χ2n) is 31.2. The van der Waals surface area contributed by atoms with Gasteiger partial charge in [-0.3, -0.25) is 19.9 Å². The highest BCUT2D eigenvalue weighted by molar-refractivity contribution is 6.18. The fraction of sp³-hybridized carbons (Fsp3) is 0.223. The Morgan fingerprint density at radius 3 is 1.16 bits per heavy atom. The smallest absolute Gasteiger partial charge is 0.216 e. The van der Waals surface area contributed by atoms with Crippen LogP contribution in [0.1, 0.15) is 131 Å². The Morgan fingerprint density at radius 1 is 0.261 bits per heavy atom. The molecule has 0 bridgehead atoms. The number of pyridine rings is 8. The van der Waals surface area contributed by atoms with Crippen molar-refractivity contribution in [1.29, 1.82) is 0 Å². The van der Waals surface area contributed by atoms with Gasteiger partial charge in [0, 0.05) is 171 Å². The fourth-order valence-electron chi connectivity index (χ4n) is 16.3. The van der Waals surface area contributed by atoms with Gasteiger partial charge >= 0.3 is 0 Å². The Balaban J connectivity index is 0.000000124. The van der Waals surface area contributed by atoms with E-state index in [-0.39, 0.29) is 22.3 Å². The van der Waals surface area contributed by atoms with Crippen LogP contribution < -0.4 is 18.3 Å². The molecule has 0 fully saturated rings. The van der Waals surface area contributed by atoms with E-state index in [1.54, 1.807) is 67.9 Å². The Morgan fingerprint density at radius 2 is 0.652 bits per heavy atom. The largest absolute Gasteiger partial charge is 0.455 e. The predicted octanol–water partition coefficient (Wildman–Crippen LogP) is 24.4. The van der Waals surface area contributed by atoms with Crippen molar-refractivity contribution in [1.82, 2.24) is 19.9 Å². The zero-order valence-electron chi connectivity index (χ0n) is 85.5. The molecule has 0 aliphatic carbocycles. The molecule has 20 rings (SSSR count). The summed E-state index contributed by atoms with van der Waals surface area (Å²) in [4.78, 5) is 18.6. The number of rotatable bonds is 4. The molecule has 570 valence electrons. The molecule has 12 nitrogen and oxygen atoms in total. The molecule has 0 spiro atoms. The lowest BCUT2D eigenvalue weighted by atomic mass is 9.95. The van der Waals surface area contributed by atoms with Gasteiger partial charge in [0.15, 0.2) is 24.8 Å². The molecule has 12 heteroatoms. The van der Waals surface area contributed by atoms with Crippen molar-refractivity contribution in [2.45, 2.75) is 131 Å². The topological polar surface area (TPSA) is 120 Å². The van der Waals surface area contributed by atoms with Crippen LogP contribution in [0.15, 0.2) is 194 Å². The van der Waals surface area contributed by atoms with Gasteiger partial charge in [0.1, 0.15) is 72.9 Å². The van der Waals surface area contributed by atoms with Crippen LogP contribution in [0.5, 0.6) is 0 Å². The molecule has 0 unspecified atom stereocenters. The van der Waals surface area contributed by atoms with Crippen LogP contribution in [0.4, 0.5) is 0 Å². The molecule has 20 aromatic rings. The zero-order valence-corrected chi connectivity index (χ0v) is 67.5. The molecule has 0 saturated heterocycles. The minimum Gasteiger partial charge on any atom is -0.455 e. The number of aromatic nitrogens is 8. The first kappa shape index (κ1) is 56.4. The molecule has 12 heterocycles. The summed E-state index contributed by atoms with van der Waals surface area (Å²) in [5, 5.41) is 10.4. The molecule has 0 N–H and O–H groups in total. The molecular formula is C103H98N8O4+4. The number of furan rings is 4. The van der Waals surface area contributed by atoms with Crippen LogP contribution in [0.3, 0.4) is 0 Å². The van der Waals surface area contributed by atoms with Crippen molar-refractivity contribution in [2.24, 2.45) is 28.2 Å². The maximum atomic E-state index is 8.32. The second kappa shape index (κ2) is 28.4. The van der Waals surface area contributed by atoms with E-state index in [1.165, 1.54) is 0 Å². The number of fused-ring (bicyclic) bond motifs is 16. The summed E-state index contributed by atoms with van der Waals surface area (Å²) < 4.78 is 177. The van der Waals surface area contributed by atoms with E-state index in [0.29, 0.717) is 77.0 Å². The lowest BCUT2D eigenvalue weighted by Gasteiger charge is -2.09. The third kappa shape index (κ3) is 13.0. The Labute approximate surface area is 695 Å². The molecule has 0 atom stereocenters. The van der Waals surface area contributed by atoms with Gasteiger partial charge in [-0.05, 0) is 247 Å². The van der Waals surface area contributed by atoms with Crippen LogP contribution in [0, 0.1) is 131 Å². The minimum atomic E-state index is -2.40. The molecule has 12 aromatic heterocycles.